The van der Waals surface area contributed by atoms with Crippen LogP contribution < -0.4 is 0 Å². The van der Waals surface area contributed by atoms with Crippen LogP contribution in [0.15, 0.2) is 18.5 Å². The third kappa shape index (κ3) is 26.1. The molecule has 11 heavy (non-hydrogen) atoms. The van der Waals surface area contributed by atoms with Crippen LogP contribution in [0.25, 0.3) is 30.8 Å². The molecule has 69 valence electrons. The minimum atomic E-state index is 0. The Balaban J connectivity index is -0.0000000104. The van der Waals surface area contributed by atoms with Crippen LogP contribution in [0.1, 0.15) is 0 Å². The normalized spacial score (nSPS) is 3.64. The first-order valence-electron chi connectivity index (χ1n) is 1.44. The molecule has 7 nitrogen and oxygen atoms in total. The monoisotopic (exact) mass is 250 g/mol. The summed E-state index contributed by atoms with van der Waals surface area (Å²) in [4.78, 5) is 0. The molecular weight excluding hydrogens is 235 g/mol. The first-order valence-corrected chi connectivity index (χ1v) is 1.44. The van der Waals surface area contributed by atoms with E-state index < -0.39 is 0 Å². The Morgan fingerprint density at radius 2 is 1.36 bits per heavy atom. The minimum Gasteiger partial charge on any atom is -0.693 e. The molecule has 0 saturated carbocycles. The third-order valence-electron chi connectivity index (χ3n) is 0.406. The van der Waals surface area contributed by atoms with Gasteiger partial charge in [0.05, 0.1) is 0 Å². The van der Waals surface area contributed by atoms with E-state index in [-0.39, 0.29) is 50.2 Å². The Labute approximate surface area is 79.4 Å². The topological polar surface area (TPSA) is 196 Å². The molecule has 1 aromatic rings. The molecule has 0 bridgehead atoms. The quantitative estimate of drug-likeness (QED) is 0.666. The second-order valence-corrected chi connectivity index (χ2v) is 0.766. The predicted molar refractivity (Wildman–Crippen MR) is 45.0 cm³/mol. The zero-order chi connectivity index (χ0) is 3.54. The SMILES string of the molecule is [NH2-].[NH2-].[NH2-].[NH2-].[NH2-].[Ru+5].c1cn[nH]c1. The molecule has 0 aliphatic heterocycles. The Morgan fingerprint density at radius 3 is 1.45 bits per heavy atom. The number of hydrogen-bond donors (Lipinski definition) is 1. The second kappa shape index (κ2) is 33.4. The molecule has 11 N–H and O–H groups in total. The summed E-state index contributed by atoms with van der Waals surface area (Å²) in [5.41, 5.74) is 0. The predicted octanol–water partition coefficient (Wildman–Crippen LogP) is 3.99. The second-order valence-electron chi connectivity index (χ2n) is 0.766. The average molecular weight is 249 g/mol. The van der Waals surface area contributed by atoms with Crippen molar-refractivity contribution in [3.63, 3.8) is 0 Å². The van der Waals surface area contributed by atoms with Gasteiger partial charge in [0.2, 0.25) is 0 Å². The van der Waals surface area contributed by atoms with Gasteiger partial charge in [-0.05, 0) is 6.07 Å². The maximum absolute atomic E-state index is 3.60. The van der Waals surface area contributed by atoms with Crippen LogP contribution in [-0.4, -0.2) is 10.2 Å². The van der Waals surface area contributed by atoms with E-state index in [4.69, 9.17) is 0 Å². The van der Waals surface area contributed by atoms with Crippen molar-refractivity contribution in [3.05, 3.63) is 49.2 Å². The van der Waals surface area contributed by atoms with Crippen LogP contribution in [0.4, 0.5) is 0 Å². The molecule has 1 radical (unpaired) electrons. The minimum absolute atomic E-state index is 0. The number of rotatable bonds is 0. The average Bonchev–Trinajstić information content (AvgIpc) is 1.76. The van der Waals surface area contributed by atoms with E-state index in [1.54, 1.807) is 12.4 Å². The molecule has 0 aromatic carbocycles. The summed E-state index contributed by atoms with van der Waals surface area (Å²) in [6, 6.07) is 1.83. The van der Waals surface area contributed by atoms with Crippen LogP contribution in [0.3, 0.4) is 0 Å². The van der Waals surface area contributed by atoms with E-state index in [2.05, 4.69) is 10.2 Å². The van der Waals surface area contributed by atoms with Gasteiger partial charge in [-0.1, -0.05) is 0 Å². The van der Waals surface area contributed by atoms with Gasteiger partial charge in [0.15, 0.2) is 0 Å². The molecule has 0 unspecified atom stereocenters. The van der Waals surface area contributed by atoms with E-state index in [0.29, 0.717) is 0 Å². The van der Waals surface area contributed by atoms with Crippen LogP contribution >= 0.6 is 0 Å². The number of nitrogens with one attached hydrogen (secondary N) is 1. The van der Waals surface area contributed by atoms with Crippen molar-refractivity contribution in [1.82, 2.24) is 10.2 Å². The zero-order valence-corrected chi connectivity index (χ0v) is 7.66. The van der Waals surface area contributed by atoms with Crippen molar-refractivity contribution in [3.8, 4) is 0 Å². The molecule has 1 heterocycles. The van der Waals surface area contributed by atoms with Gasteiger partial charge in [-0.2, -0.15) is 5.10 Å². The first kappa shape index (κ1) is 46.0. The number of hydrogen-bond acceptors (Lipinski definition) is 1. The van der Waals surface area contributed by atoms with E-state index in [9.17, 15) is 0 Å². The van der Waals surface area contributed by atoms with Crippen LogP contribution in [0.2, 0.25) is 0 Å². The number of aromatic nitrogens is 2. The summed E-state index contributed by atoms with van der Waals surface area (Å²) in [5, 5.41) is 6.21. The van der Waals surface area contributed by atoms with E-state index in [1.807, 2.05) is 6.07 Å². The van der Waals surface area contributed by atoms with Gasteiger partial charge in [-0.15, -0.1) is 0 Å². The van der Waals surface area contributed by atoms with Crippen molar-refractivity contribution in [1.29, 1.82) is 0 Å². The molecule has 0 atom stereocenters. The van der Waals surface area contributed by atoms with Gasteiger partial charge >= 0.3 is 19.5 Å². The van der Waals surface area contributed by atoms with Gasteiger partial charge in [0.1, 0.15) is 0 Å². The smallest absolute Gasteiger partial charge is 0.693 e. The van der Waals surface area contributed by atoms with Crippen molar-refractivity contribution in [2.45, 2.75) is 0 Å². The van der Waals surface area contributed by atoms with Crippen molar-refractivity contribution >= 4 is 0 Å². The summed E-state index contributed by atoms with van der Waals surface area (Å²) < 4.78 is 0. The molecule has 0 saturated heterocycles. The van der Waals surface area contributed by atoms with Gasteiger partial charge in [0.25, 0.3) is 0 Å². The Morgan fingerprint density at radius 1 is 0.909 bits per heavy atom. The molecular formula is C3H14N7Ru. The third-order valence-corrected chi connectivity index (χ3v) is 0.406. The summed E-state index contributed by atoms with van der Waals surface area (Å²) in [6.45, 7) is 0. The summed E-state index contributed by atoms with van der Waals surface area (Å²) >= 11 is 0. The Hall–Kier alpha value is -0.367. The van der Waals surface area contributed by atoms with E-state index in [0.717, 1.165) is 0 Å². The molecule has 8 heteroatoms. The number of H-pyrrole nitrogens is 1. The number of nitrogens with zero attached hydrogens (tertiary/aromatic N) is 1. The molecule has 0 aliphatic carbocycles. The Kier molecular flexibility index (Phi) is 140. The largest absolute Gasteiger partial charge is 5.00 e. The molecule has 1 aromatic heterocycles. The molecule has 0 aliphatic rings. The summed E-state index contributed by atoms with van der Waals surface area (Å²) in [6.07, 6.45) is 3.46. The van der Waals surface area contributed by atoms with Gasteiger partial charge < -0.3 is 30.8 Å². The van der Waals surface area contributed by atoms with Crippen LogP contribution in [0.5, 0.6) is 0 Å². The number of aromatic amines is 1. The van der Waals surface area contributed by atoms with E-state index >= 15 is 0 Å². The zero-order valence-electron chi connectivity index (χ0n) is 5.92. The first-order chi connectivity index (χ1) is 2.50. The van der Waals surface area contributed by atoms with Gasteiger partial charge in [0, 0.05) is 12.4 Å². The molecule has 0 fully saturated rings. The van der Waals surface area contributed by atoms with Gasteiger partial charge in [-0.25, -0.2) is 0 Å². The Bertz CT molecular complexity index is 70.2. The summed E-state index contributed by atoms with van der Waals surface area (Å²) in [5.74, 6) is 0. The van der Waals surface area contributed by atoms with E-state index in [1.165, 1.54) is 0 Å². The van der Waals surface area contributed by atoms with Crippen molar-refractivity contribution < 1.29 is 19.5 Å². The fourth-order valence-corrected chi connectivity index (χ4v) is 0.215. The van der Waals surface area contributed by atoms with Crippen molar-refractivity contribution in [2.24, 2.45) is 0 Å². The van der Waals surface area contributed by atoms with Gasteiger partial charge in [-0.3, -0.25) is 5.10 Å². The van der Waals surface area contributed by atoms with Crippen molar-refractivity contribution in [2.75, 3.05) is 0 Å². The van der Waals surface area contributed by atoms with Crippen LogP contribution in [-0.2, 0) is 19.5 Å². The fraction of sp³-hybridized carbons (Fsp3) is 0. The number of nitrogens with two attached hydrogens (primary N) is 5. The maximum Gasteiger partial charge on any atom is 5.00 e. The maximum atomic E-state index is 3.60. The molecule has 1 rings (SSSR count). The van der Waals surface area contributed by atoms with Crippen LogP contribution in [0, 0.1) is 0 Å². The fourth-order valence-electron chi connectivity index (χ4n) is 0.215. The standard InChI is InChI=1S/C3H4N2.5H2N.Ru/c1-2-4-5-3-1;;;;;;/h1-3H,(H,4,5);5*1H2;/q;5*-1;+5. The molecule has 0 amide bonds. The summed E-state index contributed by atoms with van der Waals surface area (Å²) in [7, 11) is 0. The molecule has 0 spiro atoms.